The SMILES string of the molecule is O=[N+]([O-])c1ccc2oc(-c3cc(F)c(F)cc3Cl)nc2c1. The number of hydrogen-bond donors (Lipinski definition) is 0. The molecule has 8 heteroatoms. The zero-order chi connectivity index (χ0) is 15.1. The zero-order valence-electron chi connectivity index (χ0n) is 10.1. The van der Waals surface area contributed by atoms with Gasteiger partial charge in [0.1, 0.15) is 5.52 Å². The molecule has 0 saturated carbocycles. The number of halogens is 3. The Morgan fingerprint density at radius 2 is 1.90 bits per heavy atom. The fraction of sp³-hybridized carbons (Fsp3) is 0. The monoisotopic (exact) mass is 310 g/mol. The number of benzene rings is 2. The minimum Gasteiger partial charge on any atom is -0.436 e. The van der Waals surface area contributed by atoms with Crippen molar-refractivity contribution in [2.75, 3.05) is 0 Å². The second kappa shape index (κ2) is 4.78. The maximum Gasteiger partial charge on any atom is 0.271 e. The van der Waals surface area contributed by atoms with Crippen LogP contribution in [0.4, 0.5) is 14.5 Å². The molecular formula is C13H5ClF2N2O3. The van der Waals surface area contributed by atoms with Crippen molar-refractivity contribution in [1.82, 2.24) is 4.98 Å². The van der Waals surface area contributed by atoms with Crippen LogP contribution >= 0.6 is 11.6 Å². The summed E-state index contributed by atoms with van der Waals surface area (Å²) in [5, 5.41) is 10.6. The number of nitrogens with zero attached hydrogens (tertiary/aromatic N) is 2. The van der Waals surface area contributed by atoms with Gasteiger partial charge in [-0.25, -0.2) is 13.8 Å². The number of nitro groups is 1. The summed E-state index contributed by atoms with van der Waals surface area (Å²) in [6.07, 6.45) is 0. The molecule has 0 aliphatic carbocycles. The molecule has 1 aromatic heterocycles. The summed E-state index contributed by atoms with van der Waals surface area (Å²) < 4.78 is 31.7. The Morgan fingerprint density at radius 3 is 2.62 bits per heavy atom. The summed E-state index contributed by atoms with van der Waals surface area (Å²) >= 11 is 5.83. The fourth-order valence-corrected chi connectivity index (χ4v) is 2.06. The van der Waals surface area contributed by atoms with Crippen LogP contribution in [-0.2, 0) is 0 Å². The van der Waals surface area contributed by atoms with Crippen molar-refractivity contribution in [2.24, 2.45) is 0 Å². The van der Waals surface area contributed by atoms with E-state index in [2.05, 4.69) is 4.98 Å². The van der Waals surface area contributed by atoms with Crippen LogP contribution < -0.4 is 0 Å². The molecule has 0 bridgehead atoms. The Morgan fingerprint density at radius 1 is 1.19 bits per heavy atom. The van der Waals surface area contributed by atoms with Crippen LogP contribution in [0.2, 0.25) is 5.02 Å². The van der Waals surface area contributed by atoms with E-state index >= 15 is 0 Å². The fourth-order valence-electron chi connectivity index (χ4n) is 1.83. The number of nitro benzene ring substituents is 1. The highest BCUT2D eigenvalue weighted by Gasteiger charge is 2.17. The van der Waals surface area contributed by atoms with E-state index in [4.69, 9.17) is 16.0 Å². The molecule has 3 rings (SSSR count). The van der Waals surface area contributed by atoms with Crippen LogP contribution in [0.25, 0.3) is 22.6 Å². The number of hydrogen-bond acceptors (Lipinski definition) is 4. The molecule has 0 N–H and O–H groups in total. The molecule has 0 saturated heterocycles. The van der Waals surface area contributed by atoms with E-state index in [0.29, 0.717) is 0 Å². The van der Waals surface area contributed by atoms with Crippen molar-refractivity contribution in [3.63, 3.8) is 0 Å². The van der Waals surface area contributed by atoms with Gasteiger partial charge in [-0.05, 0) is 18.2 Å². The topological polar surface area (TPSA) is 69.2 Å². The van der Waals surface area contributed by atoms with E-state index in [1.165, 1.54) is 18.2 Å². The maximum atomic E-state index is 13.3. The van der Waals surface area contributed by atoms with E-state index in [1.54, 1.807) is 0 Å². The van der Waals surface area contributed by atoms with Crippen LogP contribution in [0.15, 0.2) is 34.7 Å². The molecule has 0 aliphatic heterocycles. The summed E-state index contributed by atoms with van der Waals surface area (Å²) in [7, 11) is 0. The molecule has 0 aliphatic rings. The minimum atomic E-state index is -1.09. The Hall–Kier alpha value is -2.54. The third kappa shape index (κ3) is 2.31. The predicted octanol–water partition coefficient (Wildman–Crippen LogP) is 4.33. The van der Waals surface area contributed by atoms with Gasteiger partial charge in [-0.15, -0.1) is 0 Å². The maximum absolute atomic E-state index is 13.3. The first-order valence-electron chi connectivity index (χ1n) is 5.65. The number of oxazole rings is 1. The van der Waals surface area contributed by atoms with E-state index in [-0.39, 0.29) is 33.3 Å². The van der Waals surface area contributed by atoms with Gasteiger partial charge in [0.25, 0.3) is 5.69 Å². The average molecular weight is 311 g/mol. The van der Waals surface area contributed by atoms with E-state index in [9.17, 15) is 18.9 Å². The highest BCUT2D eigenvalue weighted by atomic mass is 35.5. The number of fused-ring (bicyclic) bond motifs is 1. The summed E-state index contributed by atoms with van der Waals surface area (Å²) in [6, 6.07) is 5.51. The van der Waals surface area contributed by atoms with Gasteiger partial charge in [0.05, 0.1) is 15.5 Å². The van der Waals surface area contributed by atoms with Gasteiger partial charge in [0.2, 0.25) is 5.89 Å². The number of non-ortho nitro benzene ring substituents is 1. The van der Waals surface area contributed by atoms with Crippen LogP contribution in [0, 0.1) is 21.7 Å². The molecule has 0 fully saturated rings. The van der Waals surface area contributed by atoms with Crippen LogP contribution in [-0.4, -0.2) is 9.91 Å². The van der Waals surface area contributed by atoms with Crippen molar-refractivity contribution < 1.29 is 18.1 Å². The summed E-state index contributed by atoms with van der Waals surface area (Å²) in [5.41, 5.74) is 0.407. The summed E-state index contributed by atoms with van der Waals surface area (Å²) in [6.45, 7) is 0. The lowest BCUT2D eigenvalue weighted by Gasteiger charge is -2.00. The average Bonchev–Trinajstić information content (AvgIpc) is 2.85. The van der Waals surface area contributed by atoms with Crippen LogP contribution in [0.5, 0.6) is 0 Å². The van der Waals surface area contributed by atoms with E-state index < -0.39 is 16.6 Å². The van der Waals surface area contributed by atoms with Crippen LogP contribution in [0.1, 0.15) is 0 Å². The Labute approximate surface area is 120 Å². The van der Waals surface area contributed by atoms with Gasteiger partial charge in [-0.3, -0.25) is 10.1 Å². The van der Waals surface area contributed by atoms with Gasteiger partial charge in [-0.2, -0.15) is 0 Å². The molecule has 1 heterocycles. The molecule has 21 heavy (non-hydrogen) atoms. The first-order chi connectivity index (χ1) is 9.95. The lowest BCUT2D eigenvalue weighted by molar-refractivity contribution is -0.384. The van der Waals surface area contributed by atoms with Crippen LogP contribution in [0.3, 0.4) is 0 Å². The molecule has 0 radical (unpaired) electrons. The summed E-state index contributed by atoms with van der Waals surface area (Å²) in [5.74, 6) is -2.23. The molecule has 0 unspecified atom stereocenters. The van der Waals surface area contributed by atoms with Crippen molar-refractivity contribution >= 4 is 28.4 Å². The lowest BCUT2D eigenvalue weighted by atomic mass is 10.2. The van der Waals surface area contributed by atoms with E-state index in [0.717, 1.165) is 12.1 Å². The third-order valence-electron chi connectivity index (χ3n) is 2.82. The predicted molar refractivity (Wildman–Crippen MR) is 71.0 cm³/mol. The summed E-state index contributed by atoms with van der Waals surface area (Å²) in [4.78, 5) is 14.1. The lowest BCUT2D eigenvalue weighted by Crippen LogP contribution is -1.88. The quantitative estimate of drug-likeness (QED) is 0.401. The van der Waals surface area contributed by atoms with Crippen molar-refractivity contribution in [3.05, 3.63) is 57.1 Å². The highest BCUT2D eigenvalue weighted by Crippen LogP contribution is 2.32. The Kier molecular flexibility index (Phi) is 3.06. The highest BCUT2D eigenvalue weighted by molar-refractivity contribution is 6.33. The third-order valence-corrected chi connectivity index (χ3v) is 3.14. The molecule has 2 aromatic carbocycles. The van der Waals surface area contributed by atoms with Crippen molar-refractivity contribution in [2.45, 2.75) is 0 Å². The standard InChI is InChI=1S/C13H5ClF2N2O3/c14-8-5-10(16)9(15)4-7(8)13-17-11-3-6(18(19)20)1-2-12(11)21-13/h1-5H. The zero-order valence-corrected chi connectivity index (χ0v) is 10.9. The second-order valence-corrected chi connectivity index (χ2v) is 4.58. The molecule has 106 valence electrons. The van der Waals surface area contributed by atoms with Gasteiger partial charge in [0, 0.05) is 12.1 Å². The molecule has 0 atom stereocenters. The second-order valence-electron chi connectivity index (χ2n) is 4.17. The molecule has 3 aromatic rings. The van der Waals surface area contributed by atoms with Crippen molar-refractivity contribution in [1.29, 1.82) is 0 Å². The minimum absolute atomic E-state index is 0.0469. The number of aromatic nitrogens is 1. The molecule has 5 nitrogen and oxygen atoms in total. The van der Waals surface area contributed by atoms with Gasteiger partial charge < -0.3 is 4.42 Å². The largest absolute Gasteiger partial charge is 0.436 e. The Balaban J connectivity index is 2.17. The smallest absolute Gasteiger partial charge is 0.271 e. The molecule has 0 spiro atoms. The van der Waals surface area contributed by atoms with Gasteiger partial charge in [0.15, 0.2) is 17.2 Å². The van der Waals surface area contributed by atoms with Crippen molar-refractivity contribution in [3.8, 4) is 11.5 Å². The van der Waals surface area contributed by atoms with Gasteiger partial charge in [-0.1, -0.05) is 11.6 Å². The van der Waals surface area contributed by atoms with E-state index in [1.807, 2.05) is 0 Å². The molecule has 0 amide bonds. The van der Waals surface area contributed by atoms with Gasteiger partial charge >= 0.3 is 0 Å². The molecular weight excluding hydrogens is 306 g/mol. The first-order valence-corrected chi connectivity index (χ1v) is 6.03. The normalized spacial score (nSPS) is 11.0. The first kappa shape index (κ1) is 13.4. The Bertz CT molecular complexity index is 879. The number of rotatable bonds is 2.